The van der Waals surface area contributed by atoms with Crippen LogP contribution in [0.4, 0.5) is 0 Å². The quantitative estimate of drug-likeness (QED) is 0.881. The fourth-order valence-electron chi connectivity index (χ4n) is 1.71. The van der Waals surface area contributed by atoms with Gasteiger partial charge in [-0.3, -0.25) is 9.89 Å². The maximum absolute atomic E-state index is 11.9. The summed E-state index contributed by atoms with van der Waals surface area (Å²) in [6, 6.07) is 7.61. The molecule has 0 unspecified atom stereocenters. The molecule has 2 aromatic rings. The zero-order valence-corrected chi connectivity index (χ0v) is 12.9. The number of aromatic amines is 1. The number of ether oxygens (including phenoxy) is 1. The number of rotatable bonds is 5. The van der Waals surface area contributed by atoms with Gasteiger partial charge in [-0.05, 0) is 41.9 Å². The molecular formula is C14H16BrN3O2. The molecule has 2 rings (SSSR count). The van der Waals surface area contributed by atoms with Crippen LogP contribution in [0.5, 0.6) is 5.75 Å². The topological polar surface area (TPSA) is 67.0 Å². The second-order valence-electron chi connectivity index (χ2n) is 4.48. The van der Waals surface area contributed by atoms with Gasteiger partial charge in [0.15, 0.2) is 0 Å². The zero-order valence-electron chi connectivity index (χ0n) is 11.3. The number of halogens is 1. The van der Waals surface area contributed by atoms with Crippen LogP contribution in [0.1, 0.15) is 23.0 Å². The highest BCUT2D eigenvalue weighted by molar-refractivity contribution is 9.10. The van der Waals surface area contributed by atoms with Crippen LogP contribution in [-0.2, 0) is 0 Å². The second kappa shape index (κ2) is 6.56. The third-order valence-electron chi connectivity index (χ3n) is 2.79. The Morgan fingerprint density at radius 2 is 2.25 bits per heavy atom. The van der Waals surface area contributed by atoms with E-state index in [0.29, 0.717) is 12.1 Å². The van der Waals surface area contributed by atoms with Crippen molar-refractivity contribution in [3.63, 3.8) is 0 Å². The Balaban J connectivity index is 1.87. The lowest BCUT2D eigenvalue weighted by molar-refractivity contribution is 0.0931. The van der Waals surface area contributed by atoms with Crippen LogP contribution in [0.2, 0.25) is 0 Å². The van der Waals surface area contributed by atoms with Crippen molar-refractivity contribution in [1.29, 1.82) is 0 Å². The SMILES string of the molecule is Cc1[nH]ncc1C(=O)NC[C@H](C)Oc1ccccc1Br. The molecule has 1 aromatic heterocycles. The zero-order chi connectivity index (χ0) is 14.5. The standard InChI is InChI=1S/C14H16BrN3O2/c1-9(20-13-6-4-3-5-12(13)15)7-16-14(19)11-8-17-18-10(11)2/h3-6,8-9H,7H2,1-2H3,(H,16,19)(H,17,18)/t9-/m0/s1. The highest BCUT2D eigenvalue weighted by atomic mass is 79.9. The summed E-state index contributed by atoms with van der Waals surface area (Å²) in [5.41, 5.74) is 1.31. The third kappa shape index (κ3) is 3.60. The number of para-hydroxylation sites is 1. The van der Waals surface area contributed by atoms with Gasteiger partial charge in [-0.25, -0.2) is 0 Å². The molecule has 6 heteroatoms. The Bertz CT molecular complexity index is 598. The molecule has 1 heterocycles. The Hall–Kier alpha value is -1.82. The van der Waals surface area contributed by atoms with Crippen LogP contribution in [0.3, 0.4) is 0 Å². The average molecular weight is 338 g/mol. The number of hydrogen-bond donors (Lipinski definition) is 2. The van der Waals surface area contributed by atoms with E-state index in [9.17, 15) is 4.79 Å². The molecule has 0 spiro atoms. The predicted molar refractivity (Wildman–Crippen MR) is 79.9 cm³/mol. The van der Waals surface area contributed by atoms with Crippen LogP contribution < -0.4 is 10.1 Å². The van der Waals surface area contributed by atoms with Gasteiger partial charge in [-0.2, -0.15) is 5.10 Å². The van der Waals surface area contributed by atoms with E-state index < -0.39 is 0 Å². The lowest BCUT2D eigenvalue weighted by Crippen LogP contribution is -2.33. The summed E-state index contributed by atoms with van der Waals surface area (Å²) in [4.78, 5) is 11.9. The summed E-state index contributed by atoms with van der Waals surface area (Å²) < 4.78 is 6.65. The molecule has 0 fully saturated rings. The minimum absolute atomic E-state index is 0.134. The molecule has 5 nitrogen and oxygen atoms in total. The van der Waals surface area contributed by atoms with Gasteiger partial charge in [-0.1, -0.05) is 12.1 Å². The summed E-state index contributed by atoms with van der Waals surface area (Å²) in [6.45, 7) is 4.13. The van der Waals surface area contributed by atoms with Crippen molar-refractivity contribution in [2.75, 3.05) is 6.54 Å². The fourth-order valence-corrected chi connectivity index (χ4v) is 2.09. The van der Waals surface area contributed by atoms with Crippen molar-refractivity contribution in [1.82, 2.24) is 15.5 Å². The number of H-pyrrole nitrogens is 1. The molecular weight excluding hydrogens is 322 g/mol. The lowest BCUT2D eigenvalue weighted by atomic mass is 10.2. The number of nitrogens with one attached hydrogen (secondary N) is 2. The van der Waals surface area contributed by atoms with Gasteiger partial charge in [0.25, 0.3) is 5.91 Å². The average Bonchev–Trinajstić information content (AvgIpc) is 2.85. The number of amides is 1. The molecule has 0 radical (unpaired) electrons. The van der Waals surface area contributed by atoms with Crippen molar-refractivity contribution in [3.05, 3.63) is 46.2 Å². The molecule has 0 aliphatic carbocycles. The van der Waals surface area contributed by atoms with E-state index in [-0.39, 0.29) is 12.0 Å². The minimum atomic E-state index is -0.154. The van der Waals surface area contributed by atoms with Crippen molar-refractivity contribution in [2.45, 2.75) is 20.0 Å². The van der Waals surface area contributed by atoms with Crippen LogP contribution in [0.25, 0.3) is 0 Å². The molecule has 20 heavy (non-hydrogen) atoms. The molecule has 2 N–H and O–H groups in total. The summed E-state index contributed by atoms with van der Waals surface area (Å²) in [5, 5.41) is 9.39. The number of benzene rings is 1. The minimum Gasteiger partial charge on any atom is -0.488 e. The van der Waals surface area contributed by atoms with Crippen LogP contribution >= 0.6 is 15.9 Å². The number of carbonyl (C=O) groups excluding carboxylic acids is 1. The van der Waals surface area contributed by atoms with Crippen molar-refractivity contribution in [3.8, 4) is 5.75 Å². The Labute approximate surface area is 125 Å². The molecule has 0 bridgehead atoms. The molecule has 106 valence electrons. The number of aryl methyl sites for hydroxylation is 1. The predicted octanol–water partition coefficient (Wildman–Crippen LogP) is 2.68. The largest absolute Gasteiger partial charge is 0.488 e. The fraction of sp³-hybridized carbons (Fsp3) is 0.286. The summed E-state index contributed by atoms with van der Waals surface area (Å²) in [7, 11) is 0. The highest BCUT2D eigenvalue weighted by Gasteiger charge is 2.13. The first kappa shape index (κ1) is 14.6. The first-order chi connectivity index (χ1) is 9.58. The Morgan fingerprint density at radius 1 is 1.50 bits per heavy atom. The molecule has 1 atom stereocenters. The van der Waals surface area contributed by atoms with E-state index in [4.69, 9.17) is 4.74 Å². The van der Waals surface area contributed by atoms with E-state index in [1.807, 2.05) is 38.1 Å². The normalized spacial score (nSPS) is 11.9. The van der Waals surface area contributed by atoms with Crippen molar-refractivity contribution >= 4 is 21.8 Å². The number of hydrogen-bond acceptors (Lipinski definition) is 3. The third-order valence-corrected chi connectivity index (χ3v) is 3.44. The van der Waals surface area contributed by atoms with Gasteiger partial charge in [0.2, 0.25) is 0 Å². The van der Waals surface area contributed by atoms with Crippen molar-refractivity contribution in [2.24, 2.45) is 0 Å². The van der Waals surface area contributed by atoms with Crippen molar-refractivity contribution < 1.29 is 9.53 Å². The summed E-state index contributed by atoms with van der Waals surface area (Å²) in [6.07, 6.45) is 1.38. The van der Waals surface area contributed by atoms with Crippen LogP contribution in [0, 0.1) is 6.92 Å². The van der Waals surface area contributed by atoms with Gasteiger partial charge in [0, 0.05) is 5.69 Å². The first-order valence-electron chi connectivity index (χ1n) is 6.27. The molecule has 1 aromatic carbocycles. The van der Waals surface area contributed by atoms with Gasteiger partial charge < -0.3 is 10.1 Å². The maximum atomic E-state index is 11.9. The Kier molecular flexibility index (Phi) is 4.79. The number of aromatic nitrogens is 2. The Morgan fingerprint density at radius 3 is 2.90 bits per heavy atom. The molecule has 0 aliphatic rings. The molecule has 1 amide bonds. The van der Waals surface area contributed by atoms with Gasteiger partial charge >= 0.3 is 0 Å². The molecule has 0 saturated carbocycles. The van der Waals surface area contributed by atoms with Gasteiger partial charge in [-0.15, -0.1) is 0 Å². The lowest BCUT2D eigenvalue weighted by Gasteiger charge is -2.16. The molecule has 0 aliphatic heterocycles. The molecule has 0 saturated heterocycles. The number of carbonyl (C=O) groups is 1. The van der Waals surface area contributed by atoms with Gasteiger partial charge in [0.1, 0.15) is 11.9 Å². The van der Waals surface area contributed by atoms with Crippen LogP contribution in [-0.4, -0.2) is 28.8 Å². The van der Waals surface area contributed by atoms with E-state index in [1.54, 1.807) is 0 Å². The smallest absolute Gasteiger partial charge is 0.254 e. The first-order valence-corrected chi connectivity index (χ1v) is 7.06. The summed E-state index contributed by atoms with van der Waals surface area (Å²) >= 11 is 3.42. The summed E-state index contributed by atoms with van der Waals surface area (Å²) in [5.74, 6) is 0.604. The number of nitrogens with zero attached hydrogens (tertiary/aromatic N) is 1. The van der Waals surface area contributed by atoms with E-state index in [1.165, 1.54) is 6.20 Å². The maximum Gasteiger partial charge on any atom is 0.254 e. The van der Waals surface area contributed by atoms with E-state index in [0.717, 1.165) is 15.9 Å². The van der Waals surface area contributed by atoms with E-state index in [2.05, 4.69) is 31.4 Å². The van der Waals surface area contributed by atoms with Gasteiger partial charge in [0.05, 0.1) is 22.8 Å². The second-order valence-corrected chi connectivity index (χ2v) is 5.33. The van der Waals surface area contributed by atoms with E-state index >= 15 is 0 Å². The monoisotopic (exact) mass is 337 g/mol. The van der Waals surface area contributed by atoms with Crippen LogP contribution in [0.15, 0.2) is 34.9 Å². The highest BCUT2D eigenvalue weighted by Crippen LogP contribution is 2.24.